The SMILES string of the molecule is CCC(C)CN(C)c1cc(C)nc(N)n1. The van der Waals surface area contributed by atoms with Gasteiger partial charge in [-0.3, -0.25) is 0 Å². The van der Waals surface area contributed by atoms with Crippen molar-refractivity contribution in [1.82, 2.24) is 9.97 Å². The highest BCUT2D eigenvalue weighted by Crippen LogP contribution is 2.14. The van der Waals surface area contributed by atoms with Crippen LogP contribution in [-0.2, 0) is 0 Å². The van der Waals surface area contributed by atoms with E-state index in [1.165, 1.54) is 6.42 Å². The van der Waals surface area contributed by atoms with E-state index in [9.17, 15) is 0 Å². The van der Waals surface area contributed by atoms with Gasteiger partial charge >= 0.3 is 0 Å². The van der Waals surface area contributed by atoms with Gasteiger partial charge in [0.25, 0.3) is 0 Å². The van der Waals surface area contributed by atoms with Gasteiger partial charge in [0, 0.05) is 25.4 Å². The first-order valence-corrected chi connectivity index (χ1v) is 5.35. The monoisotopic (exact) mass is 208 g/mol. The molecule has 1 aromatic rings. The van der Waals surface area contributed by atoms with Gasteiger partial charge in [-0.05, 0) is 12.8 Å². The van der Waals surface area contributed by atoms with E-state index in [1.807, 2.05) is 20.0 Å². The van der Waals surface area contributed by atoms with Gasteiger partial charge in [-0.1, -0.05) is 20.3 Å². The molecule has 4 heteroatoms. The number of nitrogen functional groups attached to an aromatic ring is 1. The quantitative estimate of drug-likeness (QED) is 0.820. The highest BCUT2D eigenvalue weighted by Gasteiger charge is 2.08. The normalized spacial score (nSPS) is 12.5. The van der Waals surface area contributed by atoms with Gasteiger partial charge in [0.2, 0.25) is 5.95 Å². The molecule has 4 nitrogen and oxygen atoms in total. The molecule has 0 aliphatic heterocycles. The van der Waals surface area contributed by atoms with Crippen LogP contribution < -0.4 is 10.6 Å². The third-order valence-electron chi connectivity index (χ3n) is 2.53. The molecule has 1 aromatic heterocycles. The predicted octanol–water partition coefficient (Wildman–Crippen LogP) is 1.85. The molecule has 1 heterocycles. The zero-order chi connectivity index (χ0) is 11.4. The maximum atomic E-state index is 5.61. The molecule has 0 aliphatic carbocycles. The van der Waals surface area contributed by atoms with E-state index in [4.69, 9.17) is 5.73 Å². The van der Waals surface area contributed by atoms with Gasteiger partial charge < -0.3 is 10.6 Å². The molecule has 0 radical (unpaired) electrons. The molecule has 1 atom stereocenters. The summed E-state index contributed by atoms with van der Waals surface area (Å²) in [6, 6.07) is 1.96. The molecule has 0 aliphatic rings. The number of rotatable bonds is 4. The summed E-state index contributed by atoms with van der Waals surface area (Å²) in [6.45, 7) is 7.34. The van der Waals surface area contributed by atoms with E-state index in [0.717, 1.165) is 18.1 Å². The molecule has 0 amide bonds. The molecule has 0 aromatic carbocycles. The number of hydrogen-bond acceptors (Lipinski definition) is 4. The number of aryl methyl sites for hydroxylation is 1. The largest absolute Gasteiger partial charge is 0.368 e. The van der Waals surface area contributed by atoms with E-state index < -0.39 is 0 Å². The molecule has 0 saturated carbocycles. The summed E-state index contributed by atoms with van der Waals surface area (Å²) in [5.41, 5.74) is 6.52. The van der Waals surface area contributed by atoms with Gasteiger partial charge in [0.05, 0.1) is 0 Å². The van der Waals surface area contributed by atoms with Gasteiger partial charge in [-0.2, -0.15) is 4.98 Å². The minimum atomic E-state index is 0.348. The standard InChI is InChI=1S/C11H20N4/c1-5-8(2)7-15(4)10-6-9(3)13-11(12)14-10/h6,8H,5,7H2,1-4H3,(H2,12,13,14). The Hall–Kier alpha value is -1.32. The molecule has 0 fully saturated rings. The van der Waals surface area contributed by atoms with Crippen molar-refractivity contribution in [2.75, 3.05) is 24.2 Å². The van der Waals surface area contributed by atoms with E-state index >= 15 is 0 Å². The Kier molecular flexibility index (Phi) is 3.88. The van der Waals surface area contributed by atoms with Crippen LogP contribution in [0.1, 0.15) is 26.0 Å². The highest BCUT2D eigenvalue weighted by molar-refractivity contribution is 5.42. The Morgan fingerprint density at radius 2 is 2.13 bits per heavy atom. The maximum absolute atomic E-state index is 5.61. The fourth-order valence-corrected chi connectivity index (χ4v) is 1.46. The van der Waals surface area contributed by atoms with Gasteiger partial charge in [-0.25, -0.2) is 4.98 Å². The van der Waals surface area contributed by atoms with Crippen molar-refractivity contribution in [3.8, 4) is 0 Å². The predicted molar refractivity (Wildman–Crippen MR) is 63.9 cm³/mol. The van der Waals surface area contributed by atoms with E-state index in [1.54, 1.807) is 0 Å². The van der Waals surface area contributed by atoms with Crippen molar-refractivity contribution in [1.29, 1.82) is 0 Å². The average Bonchev–Trinajstić information content (AvgIpc) is 2.16. The highest BCUT2D eigenvalue weighted by atomic mass is 15.2. The summed E-state index contributed by atoms with van der Waals surface area (Å²) in [5, 5.41) is 0. The molecule has 0 bridgehead atoms. The van der Waals surface area contributed by atoms with Crippen molar-refractivity contribution in [2.24, 2.45) is 5.92 Å². The number of nitrogens with zero attached hydrogens (tertiary/aromatic N) is 3. The average molecular weight is 208 g/mol. The summed E-state index contributed by atoms with van der Waals surface area (Å²) >= 11 is 0. The Morgan fingerprint density at radius 3 is 2.67 bits per heavy atom. The van der Waals surface area contributed by atoms with E-state index in [2.05, 4.69) is 28.7 Å². The van der Waals surface area contributed by atoms with Crippen LogP contribution in [0.4, 0.5) is 11.8 Å². The van der Waals surface area contributed by atoms with E-state index in [-0.39, 0.29) is 0 Å². The first-order chi connectivity index (χ1) is 7.02. The molecular weight excluding hydrogens is 188 g/mol. The van der Waals surface area contributed by atoms with Crippen LogP contribution in [-0.4, -0.2) is 23.6 Å². The van der Waals surface area contributed by atoms with Gasteiger partial charge in [-0.15, -0.1) is 0 Å². The molecule has 84 valence electrons. The first kappa shape index (κ1) is 11.8. The summed E-state index contributed by atoms with van der Waals surface area (Å²) < 4.78 is 0. The van der Waals surface area contributed by atoms with Crippen LogP contribution in [0.25, 0.3) is 0 Å². The molecule has 0 spiro atoms. The van der Waals surface area contributed by atoms with Crippen LogP contribution in [0.15, 0.2) is 6.07 Å². The summed E-state index contributed by atoms with van der Waals surface area (Å²) in [5.74, 6) is 1.91. The summed E-state index contributed by atoms with van der Waals surface area (Å²) in [4.78, 5) is 10.4. The Morgan fingerprint density at radius 1 is 1.47 bits per heavy atom. The van der Waals surface area contributed by atoms with Crippen LogP contribution in [0.2, 0.25) is 0 Å². The van der Waals surface area contributed by atoms with Crippen molar-refractivity contribution in [2.45, 2.75) is 27.2 Å². The number of hydrogen-bond donors (Lipinski definition) is 1. The first-order valence-electron chi connectivity index (χ1n) is 5.35. The van der Waals surface area contributed by atoms with Crippen LogP contribution in [0, 0.1) is 12.8 Å². The molecule has 1 rings (SSSR count). The second kappa shape index (κ2) is 4.96. The molecule has 1 unspecified atom stereocenters. The molecular formula is C11H20N4. The Balaban J connectivity index is 2.77. The Bertz CT molecular complexity index is 304. The second-order valence-corrected chi connectivity index (χ2v) is 4.12. The second-order valence-electron chi connectivity index (χ2n) is 4.12. The number of nitrogens with two attached hydrogens (primary N) is 1. The number of anilines is 2. The molecule has 15 heavy (non-hydrogen) atoms. The van der Waals surface area contributed by atoms with Crippen LogP contribution >= 0.6 is 0 Å². The van der Waals surface area contributed by atoms with Gasteiger partial charge in [0.1, 0.15) is 5.82 Å². The van der Waals surface area contributed by atoms with Crippen molar-refractivity contribution >= 4 is 11.8 Å². The lowest BCUT2D eigenvalue weighted by Gasteiger charge is -2.21. The molecule has 2 N–H and O–H groups in total. The van der Waals surface area contributed by atoms with Crippen LogP contribution in [0.3, 0.4) is 0 Å². The zero-order valence-electron chi connectivity index (χ0n) is 9.99. The van der Waals surface area contributed by atoms with E-state index in [0.29, 0.717) is 11.9 Å². The van der Waals surface area contributed by atoms with Crippen molar-refractivity contribution < 1.29 is 0 Å². The lowest BCUT2D eigenvalue weighted by molar-refractivity contribution is 0.557. The minimum absolute atomic E-state index is 0.348. The van der Waals surface area contributed by atoms with Crippen LogP contribution in [0.5, 0.6) is 0 Å². The van der Waals surface area contributed by atoms with Crippen molar-refractivity contribution in [3.63, 3.8) is 0 Å². The summed E-state index contributed by atoms with van der Waals surface area (Å²) in [6.07, 6.45) is 1.17. The number of aromatic nitrogens is 2. The summed E-state index contributed by atoms with van der Waals surface area (Å²) in [7, 11) is 2.04. The lowest BCUT2D eigenvalue weighted by atomic mass is 10.1. The minimum Gasteiger partial charge on any atom is -0.368 e. The smallest absolute Gasteiger partial charge is 0.222 e. The van der Waals surface area contributed by atoms with Gasteiger partial charge in [0.15, 0.2) is 0 Å². The third kappa shape index (κ3) is 3.38. The maximum Gasteiger partial charge on any atom is 0.222 e. The zero-order valence-corrected chi connectivity index (χ0v) is 9.99. The fourth-order valence-electron chi connectivity index (χ4n) is 1.46. The molecule has 0 saturated heterocycles. The lowest BCUT2D eigenvalue weighted by Crippen LogP contribution is -2.25. The van der Waals surface area contributed by atoms with Crippen molar-refractivity contribution in [3.05, 3.63) is 11.8 Å². The fraction of sp³-hybridized carbons (Fsp3) is 0.636. The Labute approximate surface area is 91.5 Å². The topological polar surface area (TPSA) is 55.0 Å². The third-order valence-corrected chi connectivity index (χ3v) is 2.53.